The fraction of sp³-hybridized carbons (Fsp3) is 0. The van der Waals surface area contributed by atoms with Crippen molar-refractivity contribution < 1.29 is 0 Å². The van der Waals surface area contributed by atoms with Crippen molar-refractivity contribution in [2.24, 2.45) is 0 Å². The average Bonchev–Trinajstić information content (AvgIpc) is 2.42. The van der Waals surface area contributed by atoms with Crippen LogP contribution in [0.2, 0.25) is 0 Å². The minimum atomic E-state index is 0.804. The Morgan fingerprint density at radius 1 is 1.40 bits per heavy atom. The van der Waals surface area contributed by atoms with Gasteiger partial charge in [-0.2, -0.15) is 16.6 Å². The van der Waals surface area contributed by atoms with E-state index < -0.39 is 0 Å². The Hall–Kier alpha value is -0.850. The van der Waals surface area contributed by atoms with Gasteiger partial charge < -0.3 is 0 Å². The van der Waals surface area contributed by atoms with Crippen LogP contribution < -0.4 is 0 Å². The van der Waals surface area contributed by atoms with Gasteiger partial charge >= 0.3 is 0 Å². The van der Waals surface area contributed by atoms with E-state index >= 15 is 0 Å². The predicted molar refractivity (Wildman–Crippen MR) is 44.4 cm³/mol. The highest BCUT2D eigenvalue weighted by atomic mass is 32.1. The van der Waals surface area contributed by atoms with E-state index in [0.29, 0.717) is 0 Å². The molecule has 0 saturated carbocycles. The monoisotopic (exact) mass is 165 g/mol. The van der Waals surface area contributed by atoms with Crippen LogP contribution in [0.25, 0.3) is 10.1 Å². The molecular weight excluding hydrogens is 162 g/mol. The zero-order valence-corrected chi connectivity index (χ0v) is 6.63. The van der Waals surface area contributed by atoms with E-state index in [-0.39, 0.29) is 0 Å². The van der Waals surface area contributed by atoms with Gasteiger partial charge in [0, 0.05) is 15.5 Å². The highest BCUT2D eigenvalue weighted by Crippen LogP contribution is 2.27. The summed E-state index contributed by atoms with van der Waals surface area (Å²) in [5.74, 6) is 0. The Kier molecular flexibility index (Phi) is 1.23. The van der Waals surface area contributed by atoms with Crippen molar-refractivity contribution in [3.05, 3.63) is 21.7 Å². The standard InChI is InChI=1S/C7H3NS2/c8-2-6-1-5-3-9-4-7(5)10-6/h1,3-4H. The smallest absolute Gasteiger partial charge is 0.110 e. The molecule has 0 bridgehead atoms. The van der Waals surface area contributed by atoms with Crippen LogP contribution in [0.1, 0.15) is 4.88 Å². The van der Waals surface area contributed by atoms with Gasteiger partial charge in [0.15, 0.2) is 0 Å². The topological polar surface area (TPSA) is 23.8 Å². The van der Waals surface area contributed by atoms with E-state index in [1.807, 2.05) is 6.07 Å². The molecule has 48 valence electrons. The normalized spacial score (nSPS) is 9.90. The van der Waals surface area contributed by atoms with Crippen LogP contribution in [0.3, 0.4) is 0 Å². The molecule has 10 heavy (non-hydrogen) atoms. The lowest BCUT2D eigenvalue weighted by atomic mass is 10.4. The van der Waals surface area contributed by atoms with Crippen LogP contribution >= 0.6 is 22.7 Å². The van der Waals surface area contributed by atoms with Crippen molar-refractivity contribution in [3.8, 4) is 6.07 Å². The molecule has 0 saturated heterocycles. The van der Waals surface area contributed by atoms with Gasteiger partial charge in [-0.05, 0) is 11.4 Å². The molecule has 0 aliphatic rings. The Labute approximate surface area is 66.2 Å². The molecule has 0 aromatic carbocycles. The van der Waals surface area contributed by atoms with Gasteiger partial charge in [-0.25, -0.2) is 0 Å². The molecule has 2 aromatic rings. The molecule has 0 fully saturated rings. The third kappa shape index (κ3) is 0.737. The molecule has 3 heteroatoms. The second-order valence-electron chi connectivity index (χ2n) is 1.91. The molecule has 1 nitrogen and oxygen atoms in total. The first-order valence-corrected chi connectivity index (χ1v) is 4.52. The van der Waals surface area contributed by atoms with Gasteiger partial charge in [-0.1, -0.05) is 0 Å². The number of nitriles is 1. The molecular formula is C7H3NS2. The Balaban J connectivity index is 2.81. The van der Waals surface area contributed by atoms with Gasteiger partial charge in [0.1, 0.15) is 10.9 Å². The molecule has 0 aliphatic carbocycles. The summed E-state index contributed by atoms with van der Waals surface area (Å²) < 4.78 is 1.22. The Morgan fingerprint density at radius 2 is 2.30 bits per heavy atom. The highest BCUT2D eigenvalue weighted by molar-refractivity contribution is 7.23. The van der Waals surface area contributed by atoms with E-state index in [9.17, 15) is 0 Å². The molecule has 0 unspecified atom stereocenters. The van der Waals surface area contributed by atoms with Crippen LogP contribution in [0.5, 0.6) is 0 Å². The summed E-state index contributed by atoms with van der Waals surface area (Å²) in [5.41, 5.74) is 0. The maximum atomic E-state index is 8.52. The first-order valence-electron chi connectivity index (χ1n) is 2.76. The first kappa shape index (κ1) is 5.90. The fourth-order valence-corrected chi connectivity index (χ4v) is 2.63. The molecule has 0 atom stereocenters. The summed E-state index contributed by atoms with van der Waals surface area (Å²) in [6.45, 7) is 0. The molecule has 0 N–H and O–H groups in total. The summed E-state index contributed by atoms with van der Waals surface area (Å²) in [4.78, 5) is 0.804. The zero-order valence-electron chi connectivity index (χ0n) is 5.00. The summed E-state index contributed by atoms with van der Waals surface area (Å²) in [7, 11) is 0. The lowest BCUT2D eigenvalue weighted by Crippen LogP contribution is -1.52. The zero-order chi connectivity index (χ0) is 6.97. The van der Waals surface area contributed by atoms with Crippen LogP contribution in [0.15, 0.2) is 16.8 Å². The molecule has 0 spiro atoms. The van der Waals surface area contributed by atoms with E-state index in [2.05, 4.69) is 16.8 Å². The number of hydrogen-bond donors (Lipinski definition) is 0. The minimum Gasteiger partial charge on any atom is -0.192 e. The lowest BCUT2D eigenvalue weighted by Gasteiger charge is -1.66. The SMILES string of the molecule is N#Cc1cc2cscc2s1. The largest absolute Gasteiger partial charge is 0.192 e. The maximum Gasteiger partial charge on any atom is 0.110 e. The quantitative estimate of drug-likeness (QED) is 0.589. The van der Waals surface area contributed by atoms with Crippen LogP contribution in [-0.2, 0) is 0 Å². The first-order chi connectivity index (χ1) is 4.90. The number of hydrogen-bond acceptors (Lipinski definition) is 3. The van der Waals surface area contributed by atoms with Gasteiger partial charge in [0.2, 0.25) is 0 Å². The van der Waals surface area contributed by atoms with E-state index in [1.165, 1.54) is 10.1 Å². The van der Waals surface area contributed by atoms with E-state index in [0.717, 1.165) is 4.88 Å². The summed E-state index contributed by atoms with van der Waals surface area (Å²) in [6.07, 6.45) is 0. The third-order valence-electron chi connectivity index (χ3n) is 1.27. The average molecular weight is 165 g/mol. The van der Waals surface area contributed by atoms with Gasteiger partial charge in [-0.15, -0.1) is 11.3 Å². The van der Waals surface area contributed by atoms with Crippen LogP contribution in [0.4, 0.5) is 0 Å². The summed E-state index contributed by atoms with van der Waals surface area (Å²) in [6, 6.07) is 4.05. The molecule has 2 heterocycles. The predicted octanol–water partition coefficient (Wildman–Crippen LogP) is 2.83. The van der Waals surface area contributed by atoms with Crippen LogP contribution in [0, 0.1) is 11.3 Å². The second kappa shape index (κ2) is 2.08. The van der Waals surface area contributed by atoms with Gasteiger partial charge in [0.25, 0.3) is 0 Å². The Morgan fingerprint density at radius 3 is 3.00 bits per heavy atom. The van der Waals surface area contributed by atoms with Crippen molar-refractivity contribution >= 4 is 32.8 Å². The van der Waals surface area contributed by atoms with Gasteiger partial charge in [-0.3, -0.25) is 0 Å². The number of fused-ring (bicyclic) bond motifs is 1. The van der Waals surface area contributed by atoms with Crippen LogP contribution in [-0.4, -0.2) is 0 Å². The van der Waals surface area contributed by atoms with Crippen molar-refractivity contribution in [3.63, 3.8) is 0 Å². The van der Waals surface area contributed by atoms with Crippen molar-refractivity contribution in [2.45, 2.75) is 0 Å². The van der Waals surface area contributed by atoms with E-state index in [4.69, 9.17) is 5.26 Å². The molecule has 0 radical (unpaired) electrons. The van der Waals surface area contributed by atoms with Crippen molar-refractivity contribution in [2.75, 3.05) is 0 Å². The number of thiophene rings is 2. The molecule has 2 rings (SSSR count). The number of nitrogens with zero attached hydrogens (tertiary/aromatic N) is 1. The molecule has 0 aliphatic heterocycles. The number of rotatable bonds is 0. The molecule has 2 aromatic heterocycles. The van der Waals surface area contributed by atoms with Crippen molar-refractivity contribution in [1.82, 2.24) is 0 Å². The third-order valence-corrected chi connectivity index (χ3v) is 3.18. The van der Waals surface area contributed by atoms with E-state index in [1.54, 1.807) is 22.7 Å². The Bertz CT molecular complexity index is 362. The fourth-order valence-electron chi connectivity index (χ4n) is 0.828. The summed E-state index contributed by atoms with van der Waals surface area (Å²) in [5, 5.41) is 13.9. The second-order valence-corrected chi connectivity index (χ2v) is 3.74. The minimum absolute atomic E-state index is 0.804. The van der Waals surface area contributed by atoms with Gasteiger partial charge in [0.05, 0.1) is 0 Å². The van der Waals surface area contributed by atoms with Crippen molar-refractivity contribution in [1.29, 1.82) is 5.26 Å². The maximum absolute atomic E-state index is 8.52. The summed E-state index contributed by atoms with van der Waals surface area (Å²) >= 11 is 3.23. The lowest BCUT2D eigenvalue weighted by molar-refractivity contribution is 1.52. The highest BCUT2D eigenvalue weighted by Gasteiger charge is 1.99. The molecule has 0 amide bonds.